The van der Waals surface area contributed by atoms with Gasteiger partial charge >= 0.3 is 0 Å². The molecule has 0 aliphatic carbocycles. The van der Waals surface area contributed by atoms with Crippen LogP contribution in [-0.4, -0.2) is 16.8 Å². The van der Waals surface area contributed by atoms with Gasteiger partial charge in [-0.05, 0) is 36.9 Å². The fourth-order valence-electron chi connectivity index (χ4n) is 2.78. The molecule has 2 aromatic heterocycles. The summed E-state index contributed by atoms with van der Waals surface area (Å²) in [5.41, 5.74) is 4.24. The Balaban J connectivity index is 1.70. The van der Waals surface area contributed by atoms with Gasteiger partial charge in [-0.1, -0.05) is 23.8 Å². The first-order valence-electron chi connectivity index (χ1n) is 8.56. The number of rotatable bonds is 6. The van der Waals surface area contributed by atoms with E-state index in [2.05, 4.69) is 33.8 Å². The summed E-state index contributed by atoms with van der Waals surface area (Å²) < 4.78 is 0. The van der Waals surface area contributed by atoms with Crippen LogP contribution in [0.3, 0.4) is 0 Å². The van der Waals surface area contributed by atoms with Crippen LogP contribution in [0.4, 0.5) is 5.13 Å². The molecule has 1 aromatic carbocycles. The Morgan fingerprint density at radius 2 is 2.00 bits per heavy atom. The van der Waals surface area contributed by atoms with Gasteiger partial charge in [0.25, 0.3) is 0 Å². The van der Waals surface area contributed by atoms with Gasteiger partial charge in [-0.2, -0.15) is 0 Å². The summed E-state index contributed by atoms with van der Waals surface area (Å²) in [7, 11) is 0. The largest absolute Gasteiger partial charge is 0.348 e. The van der Waals surface area contributed by atoms with Crippen molar-refractivity contribution in [3.8, 4) is 11.3 Å². The van der Waals surface area contributed by atoms with Crippen molar-refractivity contribution < 1.29 is 9.59 Å². The van der Waals surface area contributed by atoms with E-state index in [0.29, 0.717) is 5.13 Å². The second-order valence-electron chi connectivity index (χ2n) is 6.38. The van der Waals surface area contributed by atoms with Crippen LogP contribution < -0.4 is 10.6 Å². The molecule has 0 spiro atoms. The SMILES string of the molecule is CC(=O)N[C@@H](CC(=O)Nc1nc(-c2cc(C)ccc2C)cs1)c1cccs1. The van der Waals surface area contributed by atoms with Crippen molar-refractivity contribution in [2.24, 2.45) is 0 Å². The number of anilines is 1. The standard InChI is InChI=1S/C20H21N3O2S2/c1-12-6-7-13(2)15(9-12)17-11-27-20(22-17)23-19(25)10-16(21-14(3)24)18-5-4-8-26-18/h4-9,11,16H,10H2,1-3H3,(H,21,24)(H,22,23,25)/t16-/m0/s1. The van der Waals surface area contributed by atoms with Gasteiger partial charge in [-0.25, -0.2) is 4.98 Å². The fourth-order valence-corrected chi connectivity index (χ4v) is 4.28. The molecule has 27 heavy (non-hydrogen) atoms. The molecule has 1 atom stereocenters. The summed E-state index contributed by atoms with van der Waals surface area (Å²) in [6.45, 7) is 5.55. The zero-order chi connectivity index (χ0) is 19.4. The first-order valence-corrected chi connectivity index (χ1v) is 10.3. The number of carbonyl (C=O) groups is 2. The summed E-state index contributed by atoms with van der Waals surface area (Å²) in [5.74, 6) is -0.336. The van der Waals surface area contributed by atoms with Crippen molar-refractivity contribution >= 4 is 39.6 Å². The third-order valence-corrected chi connectivity index (χ3v) is 5.82. The number of amides is 2. The quantitative estimate of drug-likeness (QED) is 0.631. The number of benzene rings is 1. The molecule has 2 heterocycles. The van der Waals surface area contributed by atoms with Gasteiger partial charge in [0.05, 0.1) is 18.2 Å². The molecule has 0 unspecified atom stereocenters. The first kappa shape index (κ1) is 19.3. The lowest BCUT2D eigenvalue weighted by Crippen LogP contribution is -2.29. The van der Waals surface area contributed by atoms with Crippen molar-refractivity contribution in [3.63, 3.8) is 0 Å². The molecule has 2 N–H and O–H groups in total. The van der Waals surface area contributed by atoms with Crippen molar-refractivity contribution in [2.75, 3.05) is 5.32 Å². The molecule has 140 valence electrons. The number of carbonyl (C=O) groups excluding carboxylic acids is 2. The second kappa shape index (κ2) is 8.45. The summed E-state index contributed by atoms with van der Waals surface area (Å²) in [5, 5.41) is 10.1. The summed E-state index contributed by atoms with van der Waals surface area (Å²) in [4.78, 5) is 29.4. The van der Waals surface area contributed by atoms with E-state index in [1.807, 2.05) is 36.7 Å². The lowest BCUT2D eigenvalue weighted by atomic mass is 10.0. The number of thiazole rings is 1. The van der Waals surface area contributed by atoms with Crippen LogP contribution in [0, 0.1) is 13.8 Å². The topological polar surface area (TPSA) is 71.1 Å². The predicted molar refractivity (Wildman–Crippen MR) is 111 cm³/mol. The maximum Gasteiger partial charge on any atom is 0.228 e. The van der Waals surface area contributed by atoms with E-state index >= 15 is 0 Å². The van der Waals surface area contributed by atoms with Gasteiger partial charge in [0.1, 0.15) is 0 Å². The van der Waals surface area contributed by atoms with E-state index < -0.39 is 0 Å². The highest BCUT2D eigenvalue weighted by Gasteiger charge is 2.19. The molecule has 0 saturated heterocycles. The Hall–Kier alpha value is -2.51. The van der Waals surface area contributed by atoms with Crippen LogP contribution in [0.25, 0.3) is 11.3 Å². The molecular formula is C20H21N3O2S2. The van der Waals surface area contributed by atoms with Gasteiger partial charge in [0.15, 0.2) is 5.13 Å². The smallest absolute Gasteiger partial charge is 0.228 e. The van der Waals surface area contributed by atoms with Crippen LogP contribution in [0.2, 0.25) is 0 Å². The summed E-state index contributed by atoms with van der Waals surface area (Å²) in [6, 6.07) is 9.73. The Morgan fingerprint density at radius 3 is 2.70 bits per heavy atom. The summed E-state index contributed by atoms with van der Waals surface area (Å²) >= 11 is 2.92. The maximum atomic E-state index is 12.5. The molecule has 2 amide bonds. The Morgan fingerprint density at radius 1 is 1.19 bits per heavy atom. The Kier molecular flexibility index (Phi) is 6.03. The second-order valence-corrected chi connectivity index (χ2v) is 8.21. The first-order chi connectivity index (χ1) is 12.9. The monoisotopic (exact) mass is 399 g/mol. The Labute approximate surface area is 166 Å². The molecule has 0 radical (unpaired) electrons. The number of thiophene rings is 1. The van der Waals surface area contributed by atoms with Crippen molar-refractivity contribution in [2.45, 2.75) is 33.2 Å². The third kappa shape index (κ3) is 5.02. The summed E-state index contributed by atoms with van der Waals surface area (Å²) in [6.07, 6.45) is 0.165. The number of nitrogens with zero attached hydrogens (tertiary/aromatic N) is 1. The minimum atomic E-state index is -0.332. The molecule has 3 aromatic rings. The van der Waals surface area contributed by atoms with Crippen molar-refractivity contribution in [1.29, 1.82) is 0 Å². The highest BCUT2D eigenvalue weighted by Crippen LogP contribution is 2.29. The third-order valence-electron chi connectivity index (χ3n) is 4.07. The van der Waals surface area contributed by atoms with Crippen LogP contribution in [0.15, 0.2) is 41.1 Å². The zero-order valence-electron chi connectivity index (χ0n) is 15.4. The van der Waals surface area contributed by atoms with Crippen molar-refractivity contribution in [3.05, 3.63) is 57.1 Å². The molecule has 0 aliphatic heterocycles. The molecule has 0 bridgehead atoms. The molecule has 0 saturated carbocycles. The van der Waals surface area contributed by atoms with E-state index in [-0.39, 0.29) is 24.3 Å². The van der Waals surface area contributed by atoms with Gasteiger partial charge in [0.2, 0.25) is 11.8 Å². The molecule has 7 heteroatoms. The van der Waals surface area contributed by atoms with Crippen LogP contribution in [-0.2, 0) is 9.59 Å². The van der Waals surface area contributed by atoms with Gasteiger partial charge in [-0.15, -0.1) is 22.7 Å². The number of aryl methyl sites for hydroxylation is 2. The highest BCUT2D eigenvalue weighted by atomic mass is 32.1. The van der Waals surface area contributed by atoms with Crippen LogP contribution in [0.5, 0.6) is 0 Å². The van der Waals surface area contributed by atoms with E-state index in [0.717, 1.165) is 21.7 Å². The zero-order valence-corrected chi connectivity index (χ0v) is 17.0. The number of aromatic nitrogens is 1. The van der Waals surface area contributed by atoms with Gasteiger partial charge in [0, 0.05) is 22.7 Å². The molecular weight excluding hydrogens is 378 g/mol. The van der Waals surface area contributed by atoms with E-state index in [9.17, 15) is 9.59 Å². The average molecular weight is 400 g/mol. The minimum Gasteiger partial charge on any atom is -0.348 e. The predicted octanol–water partition coefficient (Wildman–Crippen LogP) is 4.69. The van der Waals surface area contributed by atoms with E-state index in [1.165, 1.54) is 35.2 Å². The Bertz CT molecular complexity index is 948. The molecule has 3 rings (SSSR count). The molecule has 0 fully saturated rings. The average Bonchev–Trinajstić information content (AvgIpc) is 3.28. The van der Waals surface area contributed by atoms with Crippen LogP contribution in [0.1, 0.15) is 35.4 Å². The van der Waals surface area contributed by atoms with Crippen LogP contribution >= 0.6 is 22.7 Å². The number of hydrogen-bond acceptors (Lipinski definition) is 5. The van der Waals surface area contributed by atoms with E-state index in [4.69, 9.17) is 0 Å². The lowest BCUT2D eigenvalue weighted by molar-refractivity contribution is -0.120. The lowest BCUT2D eigenvalue weighted by Gasteiger charge is -2.15. The molecule has 5 nitrogen and oxygen atoms in total. The molecule has 0 aliphatic rings. The minimum absolute atomic E-state index is 0.160. The fraction of sp³-hybridized carbons (Fsp3) is 0.250. The van der Waals surface area contributed by atoms with Crippen molar-refractivity contribution in [1.82, 2.24) is 10.3 Å². The van der Waals surface area contributed by atoms with E-state index in [1.54, 1.807) is 0 Å². The number of hydrogen-bond donors (Lipinski definition) is 2. The van der Waals surface area contributed by atoms with Gasteiger partial charge in [-0.3, -0.25) is 9.59 Å². The number of nitrogens with one attached hydrogen (secondary N) is 2. The van der Waals surface area contributed by atoms with Gasteiger partial charge < -0.3 is 10.6 Å². The normalized spacial score (nSPS) is 11.8. The highest BCUT2D eigenvalue weighted by molar-refractivity contribution is 7.14. The maximum absolute atomic E-state index is 12.5.